The van der Waals surface area contributed by atoms with Crippen molar-refractivity contribution in [3.05, 3.63) is 30.1 Å². The van der Waals surface area contributed by atoms with Crippen molar-refractivity contribution in [2.24, 2.45) is 5.73 Å². The molecule has 4 heteroatoms. The first-order valence-electron chi connectivity index (χ1n) is 4.48. The topological polar surface area (TPSA) is 55.5 Å². The molecule has 0 aromatic heterocycles. The predicted molar refractivity (Wildman–Crippen MR) is 51.6 cm³/mol. The highest BCUT2D eigenvalue weighted by atomic mass is 19.1. The molecule has 1 atom stereocenters. The van der Waals surface area contributed by atoms with Crippen LogP contribution in [0.2, 0.25) is 0 Å². The molecule has 0 bridgehead atoms. The third kappa shape index (κ3) is 3.32. The quantitative estimate of drug-likeness (QED) is 0.741. The van der Waals surface area contributed by atoms with E-state index in [2.05, 4.69) is 0 Å². The lowest BCUT2D eigenvalue weighted by molar-refractivity contribution is 0.229. The van der Waals surface area contributed by atoms with E-state index in [4.69, 9.17) is 15.6 Å². The minimum Gasteiger partial charge on any atom is -0.489 e. The number of nitrogens with two attached hydrogens (primary N) is 1. The third-order valence-electron chi connectivity index (χ3n) is 1.79. The fourth-order valence-electron chi connectivity index (χ4n) is 1.01. The number of ether oxygens (including phenoxy) is 1. The first kappa shape index (κ1) is 10.9. The largest absolute Gasteiger partial charge is 0.489 e. The summed E-state index contributed by atoms with van der Waals surface area (Å²) in [6, 6.07) is 5.89. The molecule has 0 saturated heterocycles. The maximum absolute atomic E-state index is 13.0. The van der Waals surface area contributed by atoms with E-state index in [1.807, 2.05) is 0 Å². The van der Waals surface area contributed by atoms with Gasteiger partial charge >= 0.3 is 0 Å². The van der Waals surface area contributed by atoms with Crippen molar-refractivity contribution in [1.82, 2.24) is 0 Å². The van der Waals surface area contributed by atoms with Crippen LogP contribution in [0.1, 0.15) is 6.42 Å². The number of rotatable bonds is 5. The molecule has 0 amide bonds. The number of halogens is 1. The molecule has 0 aliphatic rings. The molecule has 0 spiro atoms. The Morgan fingerprint density at radius 2 is 2.14 bits per heavy atom. The van der Waals surface area contributed by atoms with E-state index < -0.39 is 5.82 Å². The zero-order valence-corrected chi connectivity index (χ0v) is 7.82. The summed E-state index contributed by atoms with van der Waals surface area (Å²) in [5, 5.41) is 8.58. The van der Waals surface area contributed by atoms with Gasteiger partial charge in [-0.3, -0.25) is 0 Å². The van der Waals surface area contributed by atoms with Crippen LogP contribution in [0, 0.1) is 5.82 Å². The molecule has 1 unspecified atom stereocenters. The first-order chi connectivity index (χ1) is 6.74. The summed E-state index contributed by atoms with van der Waals surface area (Å²) >= 11 is 0. The Bertz CT molecular complexity index is 281. The maximum Gasteiger partial charge on any atom is 0.165 e. The molecular weight excluding hydrogens is 185 g/mol. The molecule has 1 aromatic carbocycles. The van der Waals surface area contributed by atoms with Gasteiger partial charge in [-0.05, 0) is 18.6 Å². The molecule has 0 aliphatic carbocycles. The van der Waals surface area contributed by atoms with E-state index >= 15 is 0 Å². The molecule has 1 aromatic rings. The van der Waals surface area contributed by atoms with Crippen LogP contribution in [0.15, 0.2) is 24.3 Å². The Labute approximate surface area is 82.3 Å². The van der Waals surface area contributed by atoms with Gasteiger partial charge in [0.25, 0.3) is 0 Å². The van der Waals surface area contributed by atoms with Crippen molar-refractivity contribution in [3.8, 4) is 5.75 Å². The van der Waals surface area contributed by atoms with E-state index in [1.54, 1.807) is 18.2 Å². The average molecular weight is 199 g/mol. The molecule has 0 saturated carbocycles. The van der Waals surface area contributed by atoms with Gasteiger partial charge in [-0.1, -0.05) is 12.1 Å². The van der Waals surface area contributed by atoms with Gasteiger partial charge in [0, 0.05) is 12.6 Å². The fraction of sp³-hybridized carbons (Fsp3) is 0.400. The van der Waals surface area contributed by atoms with Crippen molar-refractivity contribution in [1.29, 1.82) is 0 Å². The predicted octanol–water partition coefficient (Wildman–Crippen LogP) is 0.914. The van der Waals surface area contributed by atoms with Crippen molar-refractivity contribution < 1.29 is 14.2 Å². The molecule has 1 rings (SSSR count). The Morgan fingerprint density at radius 3 is 2.79 bits per heavy atom. The number of aliphatic hydroxyl groups excluding tert-OH is 1. The highest BCUT2D eigenvalue weighted by Crippen LogP contribution is 2.15. The number of para-hydroxylation sites is 1. The highest BCUT2D eigenvalue weighted by Gasteiger charge is 2.05. The highest BCUT2D eigenvalue weighted by molar-refractivity contribution is 5.23. The minimum atomic E-state index is -0.399. The van der Waals surface area contributed by atoms with Gasteiger partial charge in [0.1, 0.15) is 6.61 Å². The minimum absolute atomic E-state index is 0.0157. The van der Waals surface area contributed by atoms with E-state index in [-0.39, 0.29) is 25.0 Å². The molecule has 0 radical (unpaired) electrons. The number of benzene rings is 1. The summed E-state index contributed by atoms with van der Waals surface area (Å²) in [6.45, 7) is 0.225. The summed E-state index contributed by atoms with van der Waals surface area (Å²) in [5.41, 5.74) is 5.57. The first-order valence-corrected chi connectivity index (χ1v) is 4.48. The van der Waals surface area contributed by atoms with Gasteiger partial charge in [-0.2, -0.15) is 0 Å². The molecule has 14 heavy (non-hydrogen) atoms. The fourth-order valence-corrected chi connectivity index (χ4v) is 1.01. The summed E-state index contributed by atoms with van der Waals surface area (Å²) in [5.74, 6) is -0.204. The Morgan fingerprint density at radius 1 is 1.43 bits per heavy atom. The number of hydrogen-bond acceptors (Lipinski definition) is 3. The molecule has 3 nitrogen and oxygen atoms in total. The van der Waals surface area contributed by atoms with E-state index in [1.165, 1.54) is 6.07 Å². The van der Waals surface area contributed by atoms with Crippen molar-refractivity contribution in [2.75, 3.05) is 13.2 Å². The summed E-state index contributed by atoms with van der Waals surface area (Å²) < 4.78 is 18.2. The summed E-state index contributed by atoms with van der Waals surface area (Å²) in [7, 11) is 0. The molecule has 0 aliphatic heterocycles. The molecule has 78 valence electrons. The van der Waals surface area contributed by atoms with Crippen LogP contribution < -0.4 is 10.5 Å². The number of hydrogen-bond donors (Lipinski definition) is 2. The second-order valence-corrected chi connectivity index (χ2v) is 3.01. The standard InChI is InChI=1S/C10H14FNO2/c11-9-3-1-2-4-10(9)14-7-8(12)5-6-13/h1-4,8,13H,5-7,12H2. The Kier molecular flexibility index (Phi) is 4.35. The van der Waals surface area contributed by atoms with Gasteiger partial charge < -0.3 is 15.6 Å². The summed E-state index contributed by atoms with van der Waals surface area (Å²) in [6.07, 6.45) is 0.453. The van der Waals surface area contributed by atoms with Crippen LogP contribution in [-0.2, 0) is 0 Å². The zero-order valence-electron chi connectivity index (χ0n) is 7.82. The second kappa shape index (κ2) is 5.57. The lowest BCUT2D eigenvalue weighted by Crippen LogP contribution is -2.28. The van der Waals surface area contributed by atoms with Crippen LogP contribution in [0.5, 0.6) is 5.75 Å². The van der Waals surface area contributed by atoms with Gasteiger partial charge in [-0.25, -0.2) is 4.39 Å². The SMILES string of the molecule is NC(CCO)COc1ccccc1F. The van der Waals surface area contributed by atoms with E-state index in [0.29, 0.717) is 6.42 Å². The molecule has 3 N–H and O–H groups in total. The lowest BCUT2D eigenvalue weighted by Gasteiger charge is -2.11. The Balaban J connectivity index is 2.41. The lowest BCUT2D eigenvalue weighted by atomic mass is 10.2. The Hall–Kier alpha value is -1.13. The molecular formula is C10H14FNO2. The van der Waals surface area contributed by atoms with Crippen LogP contribution in [-0.4, -0.2) is 24.4 Å². The smallest absolute Gasteiger partial charge is 0.165 e. The van der Waals surface area contributed by atoms with Gasteiger partial charge in [0.15, 0.2) is 11.6 Å². The molecule has 0 heterocycles. The average Bonchev–Trinajstić information content (AvgIpc) is 2.17. The van der Waals surface area contributed by atoms with Gasteiger partial charge in [0.2, 0.25) is 0 Å². The van der Waals surface area contributed by atoms with Crippen LogP contribution in [0.4, 0.5) is 4.39 Å². The van der Waals surface area contributed by atoms with Gasteiger partial charge in [-0.15, -0.1) is 0 Å². The van der Waals surface area contributed by atoms with Crippen LogP contribution in [0.3, 0.4) is 0 Å². The zero-order chi connectivity index (χ0) is 10.4. The van der Waals surface area contributed by atoms with Crippen molar-refractivity contribution in [3.63, 3.8) is 0 Å². The van der Waals surface area contributed by atoms with Gasteiger partial charge in [0.05, 0.1) is 0 Å². The second-order valence-electron chi connectivity index (χ2n) is 3.01. The molecule has 0 fully saturated rings. The van der Waals surface area contributed by atoms with E-state index in [0.717, 1.165) is 0 Å². The monoisotopic (exact) mass is 199 g/mol. The van der Waals surface area contributed by atoms with Crippen molar-refractivity contribution >= 4 is 0 Å². The normalized spacial score (nSPS) is 12.5. The van der Waals surface area contributed by atoms with Crippen LogP contribution in [0.25, 0.3) is 0 Å². The van der Waals surface area contributed by atoms with Crippen LogP contribution >= 0.6 is 0 Å². The van der Waals surface area contributed by atoms with Crippen molar-refractivity contribution in [2.45, 2.75) is 12.5 Å². The maximum atomic E-state index is 13.0. The van der Waals surface area contributed by atoms with E-state index in [9.17, 15) is 4.39 Å². The summed E-state index contributed by atoms with van der Waals surface area (Å²) in [4.78, 5) is 0. The third-order valence-corrected chi connectivity index (χ3v) is 1.79. The number of aliphatic hydroxyl groups is 1.